The Morgan fingerprint density at radius 2 is 2.00 bits per heavy atom. The van der Waals surface area contributed by atoms with E-state index in [1.807, 2.05) is 12.1 Å². The largest absolute Gasteiger partial charge is 0.497 e. The van der Waals surface area contributed by atoms with E-state index < -0.39 is 0 Å². The number of methoxy groups -OCH3 is 1. The van der Waals surface area contributed by atoms with Crippen LogP contribution in [0.1, 0.15) is 19.4 Å². The van der Waals surface area contributed by atoms with Crippen LogP contribution in [0.3, 0.4) is 0 Å². The van der Waals surface area contributed by atoms with Crippen molar-refractivity contribution in [3.8, 4) is 5.75 Å². The Bertz CT molecular complexity index is 329. The molecule has 16 heavy (non-hydrogen) atoms. The van der Waals surface area contributed by atoms with Gasteiger partial charge >= 0.3 is 0 Å². The molecule has 1 N–H and O–H groups in total. The molecule has 0 radical (unpaired) electrons. The fourth-order valence-corrected chi connectivity index (χ4v) is 1.66. The van der Waals surface area contributed by atoms with Gasteiger partial charge in [0.15, 0.2) is 0 Å². The summed E-state index contributed by atoms with van der Waals surface area (Å²) in [6.45, 7) is 9.16. The highest BCUT2D eigenvalue weighted by atomic mass is 16.5. The zero-order valence-corrected chi connectivity index (χ0v) is 10.4. The van der Waals surface area contributed by atoms with E-state index in [0.717, 1.165) is 18.7 Å². The highest BCUT2D eigenvalue weighted by Gasteiger charge is 2.08. The van der Waals surface area contributed by atoms with Gasteiger partial charge in [0.25, 0.3) is 0 Å². The second-order valence-corrected chi connectivity index (χ2v) is 4.01. The monoisotopic (exact) mass is 219 g/mol. The van der Waals surface area contributed by atoms with Gasteiger partial charge in [-0.05, 0) is 37.6 Å². The lowest BCUT2D eigenvalue weighted by molar-refractivity contribution is 0.414. The van der Waals surface area contributed by atoms with Gasteiger partial charge in [-0.15, -0.1) is 0 Å². The Labute approximate surface area is 98.3 Å². The van der Waals surface area contributed by atoms with Gasteiger partial charge in [0.05, 0.1) is 7.11 Å². The fourth-order valence-electron chi connectivity index (χ4n) is 1.66. The van der Waals surface area contributed by atoms with Crippen LogP contribution < -0.4 is 10.1 Å². The Morgan fingerprint density at radius 3 is 2.44 bits per heavy atom. The Balaban J connectivity index is 2.65. The Morgan fingerprint density at radius 1 is 1.38 bits per heavy atom. The average molecular weight is 219 g/mol. The average Bonchev–Trinajstić information content (AvgIpc) is 2.29. The summed E-state index contributed by atoms with van der Waals surface area (Å²) >= 11 is 0. The van der Waals surface area contributed by atoms with Crippen LogP contribution in [0.15, 0.2) is 36.4 Å². The van der Waals surface area contributed by atoms with Crippen molar-refractivity contribution in [3.63, 3.8) is 0 Å². The topological polar surface area (TPSA) is 21.3 Å². The fraction of sp³-hybridized carbons (Fsp3) is 0.429. The van der Waals surface area contributed by atoms with Crippen LogP contribution in [0, 0.1) is 0 Å². The van der Waals surface area contributed by atoms with Crippen LogP contribution in [-0.2, 0) is 6.42 Å². The lowest BCUT2D eigenvalue weighted by atomic mass is 10.0. The van der Waals surface area contributed by atoms with E-state index in [2.05, 4.69) is 37.9 Å². The first kappa shape index (κ1) is 12.8. The predicted octanol–water partition coefficient (Wildman–Crippen LogP) is 2.79. The summed E-state index contributed by atoms with van der Waals surface area (Å²) in [6, 6.07) is 8.56. The van der Waals surface area contributed by atoms with Crippen molar-refractivity contribution in [1.29, 1.82) is 0 Å². The number of likely N-dealkylation sites (N-methyl/N-ethyl adjacent to an activating group) is 1. The zero-order valence-electron chi connectivity index (χ0n) is 10.4. The highest BCUT2D eigenvalue weighted by molar-refractivity contribution is 5.28. The molecule has 0 heterocycles. The maximum absolute atomic E-state index is 5.14. The molecule has 1 aromatic carbocycles. The van der Waals surface area contributed by atoms with Crippen LogP contribution in [-0.4, -0.2) is 19.7 Å². The van der Waals surface area contributed by atoms with Gasteiger partial charge in [0, 0.05) is 6.04 Å². The lowest BCUT2D eigenvalue weighted by Gasteiger charge is -2.18. The number of hydrogen-bond donors (Lipinski definition) is 1. The van der Waals surface area contributed by atoms with Crippen molar-refractivity contribution in [1.82, 2.24) is 5.32 Å². The van der Waals surface area contributed by atoms with E-state index in [-0.39, 0.29) is 0 Å². The summed E-state index contributed by atoms with van der Waals surface area (Å²) in [6.07, 6.45) is 0.979. The minimum Gasteiger partial charge on any atom is -0.497 e. The molecule has 0 fully saturated rings. The number of rotatable bonds is 6. The molecule has 1 unspecified atom stereocenters. The third-order valence-electron chi connectivity index (χ3n) is 2.64. The quantitative estimate of drug-likeness (QED) is 0.743. The molecule has 1 rings (SSSR count). The molecule has 0 saturated carbocycles. The zero-order chi connectivity index (χ0) is 12.0. The number of ether oxygens (including phenoxy) is 1. The Hall–Kier alpha value is -1.28. The molecule has 0 aliphatic heterocycles. The summed E-state index contributed by atoms with van der Waals surface area (Å²) in [5, 5.41) is 3.43. The molecule has 0 aliphatic rings. The van der Waals surface area contributed by atoms with E-state index in [0.29, 0.717) is 6.04 Å². The standard InChI is InChI=1S/C14H21NO/c1-5-15-14(11(2)3)10-12-6-8-13(16-4)9-7-12/h6-9,14-15H,2,5,10H2,1,3-4H3. The summed E-state index contributed by atoms with van der Waals surface area (Å²) in [4.78, 5) is 0. The maximum Gasteiger partial charge on any atom is 0.118 e. The summed E-state index contributed by atoms with van der Waals surface area (Å²) < 4.78 is 5.14. The van der Waals surface area contributed by atoms with Gasteiger partial charge in [0.2, 0.25) is 0 Å². The Kier molecular flexibility index (Phi) is 5.06. The van der Waals surface area contributed by atoms with Crippen molar-refractivity contribution < 1.29 is 4.74 Å². The number of nitrogens with one attached hydrogen (secondary N) is 1. The van der Waals surface area contributed by atoms with Gasteiger partial charge in [-0.2, -0.15) is 0 Å². The molecule has 0 spiro atoms. The molecular formula is C14H21NO. The van der Waals surface area contributed by atoms with Crippen molar-refractivity contribution >= 4 is 0 Å². The van der Waals surface area contributed by atoms with E-state index in [1.165, 1.54) is 11.1 Å². The molecular weight excluding hydrogens is 198 g/mol. The first-order valence-corrected chi connectivity index (χ1v) is 5.69. The summed E-state index contributed by atoms with van der Waals surface area (Å²) in [5.74, 6) is 0.902. The minimum atomic E-state index is 0.360. The second-order valence-electron chi connectivity index (χ2n) is 4.01. The van der Waals surface area contributed by atoms with Crippen LogP contribution in [0.5, 0.6) is 5.75 Å². The third-order valence-corrected chi connectivity index (χ3v) is 2.64. The third kappa shape index (κ3) is 3.70. The molecule has 1 aromatic rings. The van der Waals surface area contributed by atoms with Gasteiger partial charge in [-0.1, -0.05) is 31.2 Å². The molecule has 0 aromatic heterocycles. The van der Waals surface area contributed by atoms with Crippen LogP contribution in [0.25, 0.3) is 0 Å². The summed E-state index contributed by atoms with van der Waals surface area (Å²) in [7, 11) is 1.68. The van der Waals surface area contributed by atoms with Crippen molar-refractivity contribution in [3.05, 3.63) is 42.0 Å². The predicted molar refractivity (Wildman–Crippen MR) is 69.0 cm³/mol. The van der Waals surface area contributed by atoms with Crippen LogP contribution >= 0.6 is 0 Å². The van der Waals surface area contributed by atoms with Crippen LogP contribution in [0.2, 0.25) is 0 Å². The first-order valence-electron chi connectivity index (χ1n) is 5.69. The second kappa shape index (κ2) is 6.33. The normalized spacial score (nSPS) is 12.2. The van der Waals surface area contributed by atoms with Crippen molar-refractivity contribution in [2.24, 2.45) is 0 Å². The molecule has 2 heteroatoms. The highest BCUT2D eigenvalue weighted by Crippen LogP contribution is 2.14. The van der Waals surface area contributed by atoms with Gasteiger partial charge in [-0.25, -0.2) is 0 Å². The van der Waals surface area contributed by atoms with Crippen LogP contribution in [0.4, 0.5) is 0 Å². The smallest absolute Gasteiger partial charge is 0.118 e. The van der Waals surface area contributed by atoms with E-state index >= 15 is 0 Å². The molecule has 88 valence electrons. The molecule has 0 saturated heterocycles. The molecule has 0 amide bonds. The van der Waals surface area contributed by atoms with Gasteiger partial charge < -0.3 is 10.1 Å². The number of benzene rings is 1. The van der Waals surface area contributed by atoms with Gasteiger partial charge in [-0.3, -0.25) is 0 Å². The maximum atomic E-state index is 5.14. The van der Waals surface area contributed by atoms with E-state index in [9.17, 15) is 0 Å². The minimum absolute atomic E-state index is 0.360. The molecule has 2 nitrogen and oxygen atoms in total. The molecule has 0 aliphatic carbocycles. The van der Waals surface area contributed by atoms with Gasteiger partial charge in [0.1, 0.15) is 5.75 Å². The van der Waals surface area contributed by atoms with E-state index in [1.54, 1.807) is 7.11 Å². The summed E-state index contributed by atoms with van der Waals surface area (Å²) in [5.41, 5.74) is 2.48. The molecule has 1 atom stereocenters. The number of hydrogen-bond acceptors (Lipinski definition) is 2. The molecule has 0 bridgehead atoms. The lowest BCUT2D eigenvalue weighted by Crippen LogP contribution is -2.31. The first-order chi connectivity index (χ1) is 7.67. The van der Waals surface area contributed by atoms with Crippen molar-refractivity contribution in [2.75, 3.05) is 13.7 Å². The van der Waals surface area contributed by atoms with E-state index in [4.69, 9.17) is 4.74 Å². The SMILES string of the molecule is C=C(C)C(Cc1ccc(OC)cc1)NCC. The van der Waals surface area contributed by atoms with Crippen molar-refractivity contribution in [2.45, 2.75) is 26.3 Å².